The van der Waals surface area contributed by atoms with Crippen LogP contribution in [0.15, 0.2) is 45.4 Å². The smallest absolute Gasteiger partial charge is 0.212 e. The maximum absolute atomic E-state index is 5.74. The highest BCUT2D eigenvalue weighted by atomic mass is 79.9. The van der Waals surface area contributed by atoms with Crippen LogP contribution in [0.4, 0.5) is 5.13 Å². The Kier molecular flexibility index (Phi) is 7.50. The zero-order valence-corrected chi connectivity index (χ0v) is 21.2. The Hall–Kier alpha value is -1.95. The molecule has 0 unspecified atom stereocenters. The van der Waals surface area contributed by atoms with Gasteiger partial charge in [-0.05, 0) is 48.0 Å². The van der Waals surface area contributed by atoms with Crippen molar-refractivity contribution in [1.29, 1.82) is 0 Å². The summed E-state index contributed by atoms with van der Waals surface area (Å²) in [6.45, 7) is 12.0. The second-order valence-electron chi connectivity index (χ2n) is 8.13. The van der Waals surface area contributed by atoms with Gasteiger partial charge in [0.25, 0.3) is 0 Å². The molecule has 0 amide bonds. The Morgan fingerprint density at radius 2 is 2.07 bits per heavy atom. The molecule has 8 nitrogen and oxygen atoms in total. The number of halogens is 1. The fraction of sp³-hybridized carbons (Fsp3) is 0.421. The number of ether oxygens (including phenoxy) is 1. The van der Waals surface area contributed by atoms with Crippen molar-refractivity contribution in [2.24, 2.45) is 10.1 Å². The lowest BCUT2D eigenvalue weighted by molar-refractivity contribution is 0.0785. The molecule has 0 aliphatic heterocycles. The first-order valence-electron chi connectivity index (χ1n) is 9.60. The van der Waals surface area contributed by atoms with Gasteiger partial charge in [-0.3, -0.25) is 0 Å². The molecule has 0 bridgehead atoms. The van der Waals surface area contributed by atoms with Crippen molar-refractivity contribution in [2.45, 2.75) is 46.3 Å². The average molecular weight is 509 g/mol. The summed E-state index contributed by atoms with van der Waals surface area (Å²) in [6, 6.07) is 6.86. The molecular weight excluding hydrogens is 482 g/mol. The summed E-state index contributed by atoms with van der Waals surface area (Å²) < 4.78 is 9.84. The third kappa shape index (κ3) is 6.52. The Bertz CT molecular complexity index is 1090. The quantitative estimate of drug-likeness (QED) is 0.250. The molecule has 0 N–H and O–H groups in total. The van der Waals surface area contributed by atoms with Crippen LogP contribution in [0.2, 0.25) is 25.7 Å². The van der Waals surface area contributed by atoms with E-state index in [1.807, 2.05) is 38.2 Å². The average Bonchev–Trinajstić information content (AvgIpc) is 3.25. The Labute approximate surface area is 189 Å². The molecule has 0 radical (unpaired) electrons. The van der Waals surface area contributed by atoms with Gasteiger partial charge in [0.2, 0.25) is 5.13 Å². The first-order valence-corrected chi connectivity index (χ1v) is 14.9. The van der Waals surface area contributed by atoms with Crippen LogP contribution in [0, 0.1) is 0 Å². The molecule has 11 heteroatoms. The minimum Gasteiger partial charge on any atom is -0.359 e. The van der Waals surface area contributed by atoms with Gasteiger partial charge in [-0.25, -0.2) is 19.3 Å². The van der Waals surface area contributed by atoms with Crippen molar-refractivity contribution in [3.63, 3.8) is 0 Å². The van der Waals surface area contributed by atoms with Crippen LogP contribution in [-0.2, 0) is 11.5 Å². The molecule has 0 fully saturated rings. The molecule has 0 aliphatic carbocycles. The third-order valence-electron chi connectivity index (χ3n) is 3.87. The summed E-state index contributed by atoms with van der Waals surface area (Å²) in [7, 11) is -1.10. The van der Waals surface area contributed by atoms with Crippen LogP contribution in [-0.4, -0.2) is 44.8 Å². The molecule has 0 atom stereocenters. The molecule has 30 heavy (non-hydrogen) atoms. The van der Waals surface area contributed by atoms with Gasteiger partial charge in [0.1, 0.15) is 22.5 Å². The van der Waals surface area contributed by atoms with Gasteiger partial charge >= 0.3 is 0 Å². The van der Waals surface area contributed by atoms with Gasteiger partial charge in [0.05, 0.1) is 0 Å². The predicted molar refractivity (Wildman–Crippen MR) is 127 cm³/mol. The summed E-state index contributed by atoms with van der Waals surface area (Å²) in [5, 5.41) is 9.58. The minimum absolute atomic E-state index is 0.392. The van der Waals surface area contributed by atoms with E-state index in [0.29, 0.717) is 27.8 Å². The number of pyridine rings is 1. The topological polar surface area (TPSA) is 82.5 Å². The van der Waals surface area contributed by atoms with E-state index in [1.54, 1.807) is 15.7 Å². The lowest BCUT2D eigenvalue weighted by atomic mass is 10.5. The van der Waals surface area contributed by atoms with E-state index < -0.39 is 8.07 Å². The molecule has 3 heterocycles. The maximum Gasteiger partial charge on any atom is 0.212 e. The second kappa shape index (κ2) is 9.90. The van der Waals surface area contributed by atoms with Crippen LogP contribution in [0.5, 0.6) is 0 Å². The summed E-state index contributed by atoms with van der Waals surface area (Å²) in [4.78, 5) is 14.4. The maximum atomic E-state index is 5.74. The summed E-state index contributed by atoms with van der Waals surface area (Å²) in [5.41, 5.74) is 1.63. The summed E-state index contributed by atoms with van der Waals surface area (Å²) in [6.07, 6.45) is 3.54. The van der Waals surface area contributed by atoms with Crippen molar-refractivity contribution in [3.05, 3.63) is 40.8 Å². The highest BCUT2D eigenvalue weighted by molar-refractivity contribution is 9.10. The normalized spacial score (nSPS) is 12.4. The van der Waals surface area contributed by atoms with Crippen molar-refractivity contribution in [1.82, 2.24) is 24.4 Å². The molecule has 3 aromatic rings. The zero-order chi connectivity index (χ0) is 21.7. The van der Waals surface area contributed by atoms with Gasteiger partial charge in [0.15, 0.2) is 11.3 Å². The second-order valence-corrected chi connectivity index (χ2v) is 15.5. The molecule has 3 aromatic heterocycles. The number of rotatable bonds is 8. The van der Waals surface area contributed by atoms with Crippen LogP contribution in [0.25, 0.3) is 10.7 Å². The lowest BCUT2D eigenvalue weighted by Gasteiger charge is -2.15. The Morgan fingerprint density at radius 3 is 2.80 bits per heavy atom. The number of hydrogen-bond donors (Lipinski definition) is 0. The van der Waals surface area contributed by atoms with Crippen molar-refractivity contribution < 1.29 is 4.74 Å². The summed E-state index contributed by atoms with van der Waals surface area (Å²) in [5.74, 6) is 0.595. The largest absolute Gasteiger partial charge is 0.359 e. The van der Waals surface area contributed by atoms with E-state index in [1.165, 1.54) is 11.3 Å². The van der Waals surface area contributed by atoms with Crippen molar-refractivity contribution in [3.8, 4) is 10.7 Å². The van der Waals surface area contributed by atoms with Crippen LogP contribution < -0.4 is 5.49 Å². The van der Waals surface area contributed by atoms with Gasteiger partial charge in [-0.1, -0.05) is 37.0 Å². The fourth-order valence-corrected chi connectivity index (χ4v) is 4.62. The molecular formula is C19H26BrN7OSSi. The Balaban J connectivity index is 1.77. The Morgan fingerprint density at radius 1 is 1.27 bits per heavy atom. The number of nitrogens with zero attached hydrogens (tertiary/aromatic N) is 7. The molecule has 0 saturated heterocycles. The van der Waals surface area contributed by atoms with Crippen LogP contribution >= 0.6 is 27.3 Å². The van der Waals surface area contributed by atoms with Gasteiger partial charge in [-0.15, -0.1) is 5.10 Å². The minimum atomic E-state index is -1.10. The highest BCUT2D eigenvalue weighted by Gasteiger charge is 2.16. The number of thiazole rings is 1. The van der Waals surface area contributed by atoms with E-state index in [2.05, 4.69) is 60.7 Å². The fourth-order valence-electron chi connectivity index (χ4n) is 2.39. The summed E-state index contributed by atoms with van der Waals surface area (Å²) >= 11 is 4.93. The standard InChI is InChI=1S/C19H26BrN7OSSi/c1-14(2)24-27-9-7-6-8-15(27)22-19-23-17(20)16(29-19)18-21-12-26(25-18)13-28-10-11-30(3,4)5/h6-9,12H,10-11,13H2,1-5H3. The zero-order valence-electron chi connectivity index (χ0n) is 17.8. The number of aromatic nitrogens is 5. The van der Waals surface area contributed by atoms with Crippen LogP contribution in [0.3, 0.4) is 0 Å². The SMILES string of the molecule is CC(C)=Nn1ccccc1=Nc1nc(Br)c(-c2ncn(COCC[Si](C)(C)C)n2)s1. The predicted octanol–water partition coefficient (Wildman–Crippen LogP) is 4.75. The van der Waals surface area contributed by atoms with Gasteiger partial charge < -0.3 is 4.74 Å². The van der Waals surface area contributed by atoms with Crippen molar-refractivity contribution >= 4 is 46.2 Å². The van der Waals surface area contributed by atoms with E-state index in [4.69, 9.17) is 4.74 Å². The molecule has 0 aliphatic rings. The van der Waals surface area contributed by atoms with Crippen molar-refractivity contribution in [2.75, 3.05) is 6.61 Å². The van der Waals surface area contributed by atoms with Gasteiger partial charge in [0, 0.05) is 26.6 Å². The van der Waals surface area contributed by atoms with E-state index in [0.717, 1.165) is 23.2 Å². The third-order valence-corrected chi connectivity index (χ3v) is 7.36. The highest BCUT2D eigenvalue weighted by Crippen LogP contribution is 2.35. The monoisotopic (exact) mass is 507 g/mol. The van der Waals surface area contributed by atoms with E-state index in [-0.39, 0.29) is 0 Å². The molecule has 3 rings (SSSR count). The molecule has 160 valence electrons. The van der Waals surface area contributed by atoms with E-state index in [9.17, 15) is 0 Å². The molecule has 0 aromatic carbocycles. The lowest BCUT2D eigenvalue weighted by Crippen LogP contribution is -2.22. The first-order chi connectivity index (χ1) is 14.2. The van der Waals surface area contributed by atoms with Gasteiger partial charge in [-0.2, -0.15) is 10.1 Å². The van der Waals surface area contributed by atoms with E-state index >= 15 is 0 Å². The first kappa shape index (κ1) is 22.7. The van der Waals surface area contributed by atoms with Crippen LogP contribution in [0.1, 0.15) is 13.8 Å². The molecule has 0 saturated carbocycles. The molecule has 0 spiro atoms. The number of hydrogen-bond acceptors (Lipinski definition) is 7.